The fraction of sp³-hybridized carbons (Fsp3) is 0.684. The van der Waals surface area contributed by atoms with Crippen LogP contribution >= 0.6 is 0 Å². The van der Waals surface area contributed by atoms with Crippen LogP contribution < -0.4 is 10.2 Å². The summed E-state index contributed by atoms with van der Waals surface area (Å²) in [6, 6.07) is 7.72. The molecule has 2 fully saturated rings. The van der Waals surface area contributed by atoms with E-state index >= 15 is 0 Å². The van der Waals surface area contributed by atoms with Crippen LogP contribution in [0, 0.1) is 12.8 Å². The van der Waals surface area contributed by atoms with E-state index in [1.165, 1.54) is 68.3 Å². The minimum absolute atomic E-state index is 0.780. The fourth-order valence-electron chi connectivity index (χ4n) is 3.63. The Bertz CT molecular complexity index is 459. The first-order valence-corrected chi connectivity index (χ1v) is 8.76. The Morgan fingerprint density at radius 2 is 1.86 bits per heavy atom. The van der Waals surface area contributed by atoms with Crippen molar-refractivity contribution in [3.8, 4) is 0 Å². The zero-order valence-electron chi connectivity index (χ0n) is 13.7. The molecule has 1 aromatic rings. The van der Waals surface area contributed by atoms with Crippen LogP contribution in [0.5, 0.6) is 0 Å². The van der Waals surface area contributed by atoms with Crippen molar-refractivity contribution in [2.45, 2.75) is 64.5 Å². The van der Waals surface area contributed by atoms with E-state index in [4.69, 9.17) is 0 Å². The molecular formula is C19H30N2. The highest BCUT2D eigenvalue weighted by Crippen LogP contribution is 2.28. The maximum Gasteiger partial charge on any atom is 0.0409 e. The average molecular weight is 286 g/mol. The first kappa shape index (κ1) is 14.9. The third kappa shape index (κ3) is 4.23. The second kappa shape index (κ2) is 6.83. The van der Waals surface area contributed by atoms with Gasteiger partial charge in [-0.1, -0.05) is 37.0 Å². The van der Waals surface area contributed by atoms with Gasteiger partial charge in [0.25, 0.3) is 0 Å². The van der Waals surface area contributed by atoms with Crippen molar-refractivity contribution in [3.63, 3.8) is 0 Å². The van der Waals surface area contributed by atoms with Gasteiger partial charge in [-0.3, -0.25) is 0 Å². The SMILES string of the molecule is Cc1ccc(N(C)CC2CCCCC2)c(CNC2CC2)c1. The topological polar surface area (TPSA) is 15.3 Å². The minimum atomic E-state index is 0.780. The molecule has 2 aliphatic rings. The number of nitrogens with one attached hydrogen (secondary N) is 1. The van der Waals surface area contributed by atoms with Crippen LogP contribution in [0.15, 0.2) is 18.2 Å². The van der Waals surface area contributed by atoms with Gasteiger partial charge in [0.1, 0.15) is 0 Å². The molecule has 0 aromatic heterocycles. The monoisotopic (exact) mass is 286 g/mol. The zero-order chi connectivity index (χ0) is 14.7. The van der Waals surface area contributed by atoms with E-state index in [1.54, 1.807) is 0 Å². The average Bonchev–Trinajstić information content (AvgIpc) is 3.30. The molecule has 0 saturated heterocycles. The summed E-state index contributed by atoms with van der Waals surface area (Å²) in [6.45, 7) is 4.45. The molecule has 116 valence electrons. The summed E-state index contributed by atoms with van der Waals surface area (Å²) in [5.74, 6) is 0.897. The van der Waals surface area contributed by atoms with Crippen LogP contribution in [0.2, 0.25) is 0 Å². The number of rotatable bonds is 6. The zero-order valence-corrected chi connectivity index (χ0v) is 13.7. The molecule has 0 unspecified atom stereocenters. The summed E-state index contributed by atoms with van der Waals surface area (Å²) in [7, 11) is 2.28. The van der Waals surface area contributed by atoms with Gasteiger partial charge in [-0.25, -0.2) is 0 Å². The van der Waals surface area contributed by atoms with E-state index in [1.807, 2.05) is 0 Å². The summed E-state index contributed by atoms with van der Waals surface area (Å²) in [6.07, 6.45) is 9.88. The molecule has 3 rings (SSSR count). The van der Waals surface area contributed by atoms with E-state index in [9.17, 15) is 0 Å². The lowest BCUT2D eigenvalue weighted by molar-refractivity contribution is 0.362. The van der Waals surface area contributed by atoms with Gasteiger partial charge >= 0.3 is 0 Å². The molecule has 1 N–H and O–H groups in total. The Kier molecular flexibility index (Phi) is 4.84. The molecule has 0 bridgehead atoms. The lowest BCUT2D eigenvalue weighted by Crippen LogP contribution is -2.28. The van der Waals surface area contributed by atoms with E-state index in [-0.39, 0.29) is 0 Å². The molecule has 2 heteroatoms. The van der Waals surface area contributed by atoms with Gasteiger partial charge in [0, 0.05) is 31.9 Å². The summed E-state index contributed by atoms with van der Waals surface area (Å²) < 4.78 is 0. The first-order chi connectivity index (χ1) is 10.2. The lowest BCUT2D eigenvalue weighted by Gasteiger charge is -2.30. The standard InChI is InChI=1S/C19H30N2/c1-15-8-11-19(17(12-15)13-20-18-9-10-18)21(2)14-16-6-4-3-5-7-16/h8,11-12,16,18,20H,3-7,9-10,13-14H2,1-2H3. The normalized spacial score (nSPS) is 19.7. The van der Waals surface area contributed by atoms with Crippen molar-refractivity contribution in [3.05, 3.63) is 29.3 Å². The molecule has 21 heavy (non-hydrogen) atoms. The largest absolute Gasteiger partial charge is 0.374 e. The smallest absolute Gasteiger partial charge is 0.0409 e. The second-order valence-corrected chi connectivity index (χ2v) is 7.17. The molecule has 0 atom stereocenters. The van der Waals surface area contributed by atoms with Crippen molar-refractivity contribution in [1.82, 2.24) is 5.32 Å². The van der Waals surface area contributed by atoms with Gasteiger partial charge < -0.3 is 10.2 Å². The Morgan fingerprint density at radius 1 is 1.10 bits per heavy atom. The van der Waals surface area contributed by atoms with Crippen LogP contribution in [0.1, 0.15) is 56.1 Å². The molecule has 0 radical (unpaired) electrons. The highest BCUT2D eigenvalue weighted by molar-refractivity contribution is 5.54. The highest BCUT2D eigenvalue weighted by Gasteiger charge is 2.21. The maximum atomic E-state index is 3.67. The van der Waals surface area contributed by atoms with Crippen LogP contribution in [0.25, 0.3) is 0 Å². The number of hydrogen-bond acceptors (Lipinski definition) is 2. The number of aryl methyl sites for hydroxylation is 1. The van der Waals surface area contributed by atoms with E-state index in [2.05, 4.69) is 42.4 Å². The highest BCUT2D eigenvalue weighted by atomic mass is 15.1. The third-order valence-electron chi connectivity index (χ3n) is 5.06. The quantitative estimate of drug-likeness (QED) is 0.840. The second-order valence-electron chi connectivity index (χ2n) is 7.17. The number of anilines is 1. The molecule has 2 nitrogen and oxygen atoms in total. The van der Waals surface area contributed by atoms with Crippen LogP contribution in [0.3, 0.4) is 0 Å². The van der Waals surface area contributed by atoms with Crippen LogP contribution in [0.4, 0.5) is 5.69 Å². The van der Waals surface area contributed by atoms with Crippen LogP contribution in [-0.2, 0) is 6.54 Å². The van der Waals surface area contributed by atoms with Gasteiger partial charge in [-0.2, -0.15) is 0 Å². The molecule has 2 aliphatic carbocycles. The number of nitrogens with zero attached hydrogens (tertiary/aromatic N) is 1. The Labute approximate surface area is 129 Å². The summed E-state index contributed by atoms with van der Waals surface area (Å²) in [5, 5.41) is 3.67. The van der Waals surface area contributed by atoms with Crippen molar-refractivity contribution >= 4 is 5.69 Å². The van der Waals surface area contributed by atoms with Gasteiger partial charge in [0.15, 0.2) is 0 Å². The molecule has 1 aromatic carbocycles. The number of benzene rings is 1. The van der Waals surface area contributed by atoms with E-state index in [0.29, 0.717) is 0 Å². The lowest BCUT2D eigenvalue weighted by atomic mass is 9.89. The third-order valence-corrected chi connectivity index (χ3v) is 5.06. The first-order valence-electron chi connectivity index (χ1n) is 8.76. The van der Waals surface area contributed by atoms with Gasteiger partial charge in [-0.15, -0.1) is 0 Å². The number of hydrogen-bond donors (Lipinski definition) is 1. The predicted molar refractivity (Wildman–Crippen MR) is 90.9 cm³/mol. The maximum absolute atomic E-state index is 3.67. The molecule has 0 aliphatic heterocycles. The summed E-state index contributed by atoms with van der Waals surface area (Å²) in [4.78, 5) is 2.50. The minimum Gasteiger partial charge on any atom is -0.374 e. The molecule has 2 saturated carbocycles. The summed E-state index contributed by atoms with van der Waals surface area (Å²) in [5.41, 5.74) is 4.27. The Morgan fingerprint density at radius 3 is 2.57 bits per heavy atom. The van der Waals surface area contributed by atoms with Gasteiger partial charge in [0.05, 0.1) is 0 Å². The van der Waals surface area contributed by atoms with Gasteiger partial charge in [-0.05, 0) is 50.2 Å². The predicted octanol–water partition coefficient (Wildman–Crippen LogP) is 4.26. The molecule has 0 amide bonds. The molecule has 0 heterocycles. The molecular weight excluding hydrogens is 256 g/mol. The van der Waals surface area contributed by atoms with E-state index in [0.717, 1.165) is 18.5 Å². The van der Waals surface area contributed by atoms with Crippen molar-refractivity contribution < 1.29 is 0 Å². The summed E-state index contributed by atoms with van der Waals surface area (Å²) >= 11 is 0. The van der Waals surface area contributed by atoms with Gasteiger partial charge in [0.2, 0.25) is 0 Å². The Hall–Kier alpha value is -1.02. The molecule has 0 spiro atoms. The van der Waals surface area contributed by atoms with E-state index < -0.39 is 0 Å². The van der Waals surface area contributed by atoms with Crippen molar-refractivity contribution in [2.24, 2.45) is 5.92 Å². The van der Waals surface area contributed by atoms with Crippen molar-refractivity contribution in [2.75, 3.05) is 18.5 Å². The fourth-order valence-corrected chi connectivity index (χ4v) is 3.63. The Balaban J connectivity index is 1.66. The van der Waals surface area contributed by atoms with Crippen LogP contribution in [-0.4, -0.2) is 19.6 Å². The van der Waals surface area contributed by atoms with Crippen molar-refractivity contribution in [1.29, 1.82) is 0 Å².